The first-order valence-electron chi connectivity index (χ1n) is 5.92. The summed E-state index contributed by atoms with van der Waals surface area (Å²) in [6.45, 7) is 0. The van der Waals surface area contributed by atoms with Crippen molar-refractivity contribution in [3.8, 4) is 0 Å². The van der Waals surface area contributed by atoms with Crippen LogP contribution in [0.15, 0.2) is 65.1 Å². The summed E-state index contributed by atoms with van der Waals surface area (Å²) in [5.41, 5.74) is 2.91. The second-order valence-corrected chi connectivity index (χ2v) is 5.01. The first-order chi connectivity index (χ1) is 9.22. The maximum absolute atomic E-state index is 10.9. The standard InChI is InChI=1S/C16H14BrNO/c1-18(15-5-3-2-4-6-15)16(11-12-19)13-7-9-14(17)10-8-13/h2-12H,1H3/b16-11+. The van der Waals surface area contributed by atoms with Crippen LogP contribution in [0.1, 0.15) is 5.56 Å². The first-order valence-corrected chi connectivity index (χ1v) is 6.72. The predicted molar refractivity (Wildman–Crippen MR) is 83.0 cm³/mol. The third-order valence-corrected chi connectivity index (χ3v) is 3.40. The number of para-hydroxylation sites is 1. The van der Waals surface area contributed by atoms with Crippen molar-refractivity contribution >= 4 is 33.6 Å². The van der Waals surface area contributed by atoms with E-state index in [0.717, 1.165) is 27.7 Å². The van der Waals surface area contributed by atoms with Gasteiger partial charge in [-0.3, -0.25) is 4.79 Å². The number of rotatable bonds is 4. The van der Waals surface area contributed by atoms with Crippen LogP contribution in [0.2, 0.25) is 0 Å². The third kappa shape index (κ3) is 3.32. The number of carbonyl (C=O) groups is 1. The van der Waals surface area contributed by atoms with Crippen molar-refractivity contribution in [3.05, 3.63) is 70.7 Å². The van der Waals surface area contributed by atoms with E-state index >= 15 is 0 Å². The van der Waals surface area contributed by atoms with Gasteiger partial charge in [-0.2, -0.15) is 0 Å². The molecule has 0 saturated heterocycles. The minimum atomic E-state index is 0.816. The quantitative estimate of drug-likeness (QED) is 0.624. The second-order valence-electron chi connectivity index (χ2n) is 4.09. The highest BCUT2D eigenvalue weighted by Crippen LogP contribution is 2.25. The molecule has 0 spiro atoms. The van der Waals surface area contributed by atoms with Gasteiger partial charge in [-0.1, -0.05) is 46.3 Å². The number of carbonyl (C=O) groups excluding carboxylic acids is 1. The van der Waals surface area contributed by atoms with Crippen LogP contribution >= 0.6 is 15.9 Å². The molecule has 0 fully saturated rings. The summed E-state index contributed by atoms with van der Waals surface area (Å²) in [5, 5.41) is 0. The zero-order valence-corrected chi connectivity index (χ0v) is 12.2. The van der Waals surface area contributed by atoms with E-state index in [4.69, 9.17) is 0 Å². The topological polar surface area (TPSA) is 20.3 Å². The van der Waals surface area contributed by atoms with Crippen LogP contribution in [-0.4, -0.2) is 13.3 Å². The molecule has 2 rings (SSSR count). The summed E-state index contributed by atoms with van der Waals surface area (Å²) < 4.78 is 1.02. The zero-order valence-electron chi connectivity index (χ0n) is 10.6. The normalized spacial score (nSPS) is 11.2. The van der Waals surface area contributed by atoms with Crippen LogP contribution in [0.25, 0.3) is 5.70 Å². The van der Waals surface area contributed by atoms with Gasteiger partial charge in [-0.25, -0.2) is 0 Å². The molecule has 0 saturated carbocycles. The van der Waals surface area contributed by atoms with Crippen LogP contribution in [-0.2, 0) is 4.79 Å². The second kappa shape index (κ2) is 6.34. The lowest BCUT2D eigenvalue weighted by Gasteiger charge is -2.22. The van der Waals surface area contributed by atoms with Gasteiger partial charge >= 0.3 is 0 Å². The molecule has 0 aliphatic rings. The Morgan fingerprint density at radius 1 is 1.05 bits per heavy atom. The van der Waals surface area contributed by atoms with E-state index in [9.17, 15) is 4.79 Å². The van der Waals surface area contributed by atoms with Gasteiger partial charge in [0, 0.05) is 23.3 Å². The van der Waals surface area contributed by atoms with Crippen LogP contribution in [0.3, 0.4) is 0 Å². The predicted octanol–water partition coefficient (Wildman–Crippen LogP) is 4.13. The molecule has 0 bridgehead atoms. The van der Waals surface area contributed by atoms with Crippen LogP contribution < -0.4 is 4.90 Å². The Hall–Kier alpha value is -1.87. The number of hydrogen-bond donors (Lipinski definition) is 0. The minimum Gasteiger partial charge on any atom is -0.344 e. The molecule has 0 aliphatic heterocycles. The van der Waals surface area contributed by atoms with Gasteiger partial charge in [0.05, 0.1) is 5.70 Å². The highest BCUT2D eigenvalue weighted by molar-refractivity contribution is 9.10. The number of aldehydes is 1. The lowest BCUT2D eigenvalue weighted by atomic mass is 10.1. The summed E-state index contributed by atoms with van der Waals surface area (Å²) in [6, 6.07) is 17.9. The number of benzene rings is 2. The van der Waals surface area contributed by atoms with Crippen molar-refractivity contribution in [2.75, 3.05) is 11.9 Å². The van der Waals surface area contributed by atoms with E-state index in [2.05, 4.69) is 15.9 Å². The van der Waals surface area contributed by atoms with E-state index in [1.54, 1.807) is 6.08 Å². The maximum atomic E-state index is 10.9. The van der Waals surface area contributed by atoms with Gasteiger partial charge in [0.2, 0.25) is 0 Å². The number of nitrogens with zero attached hydrogens (tertiary/aromatic N) is 1. The van der Waals surface area contributed by atoms with E-state index in [-0.39, 0.29) is 0 Å². The molecule has 2 aromatic carbocycles. The monoisotopic (exact) mass is 315 g/mol. The Labute approximate surface area is 121 Å². The fraction of sp³-hybridized carbons (Fsp3) is 0.0625. The van der Waals surface area contributed by atoms with Crippen molar-refractivity contribution in [2.45, 2.75) is 0 Å². The fourth-order valence-electron chi connectivity index (χ4n) is 1.88. The third-order valence-electron chi connectivity index (χ3n) is 2.87. The van der Waals surface area contributed by atoms with Crippen LogP contribution in [0, 0.1) is 0 Å². The molecular formula is C16H14BrNO. The molecule has 3 heteroatoms. The molecule has 2 nitrogen and oxygen atoms in total. The SMILES string of the molecule is CN(/C(=C/C=O)c1ccc(Br)cc1)c1ccccc1. The maximum Gasteiger partial charge on any atom is 0.144 e. The molecule has 0 N–H and O–H groups in total. The van der Waals surface area contributed by atoms with Gasteiger partial charge in [0.15, 0.2) is 0 Å². The Balaban J connectivity index is 2.39. The van der Waals surface area contributed by atoms with E-state index in [1.165, 1.54) is 0 Å². The largest absolute Gasteiger partial charge is 0.344 e. The van der Waals surface area contributed by atoms with Gasteiger partial charge < -0.3 is 4.90 Å². The lowest BCUT2D eigenvalue weighted by molar-refractivity contribution is -0.104. The van der Waals surface area contributed by atoms with Crippen LogP contribution in [0.5, 0.6) is 0 Å². The Morgan fingerprint density at radius 3 is 2.26 bits per heavy atom. The van der Waals surface area contributed by atoms with E-state index in [0.29, 0.717) is 0 Å². The van der Waals surface area contributed by atoms with Gasteiger partial charge in [0.1, 0.15) is 6.29 Å². The summed E-state index contributed by atoms with van der Waals surface area (Å²) in [5.74, 6) is 0. The average Bonchev–Trinajstić information content (AvgIpc) is 2.46. The van der Waals surface area contributed by atoms with E-state index < -0.39 is 0 Å². The van der Waals surface area contributed by atoms with Crippen molar-refractivity contribution in [1.29, 1.82) is 0 Å². The smallest absolute Gasteiger partial charge is 0.144 e. The molecule has 0 aliphatic carbocycles. The molecule has 0 atom stereocenters. The summed E-state index contributed by atoms with van der Waals surface area (Å²) >= 11 is 3.41. The highest BCUT2D eigenvalue weighted by atomic mass is 79.9. The number of allylic oxidation sites excluding steroid dienone is 1. The zero-order chi connectivity index (χ0) is 13.7. The highest BCUT2D eigenvalue weighted by Gasteiger charge is 2.09. The number of hydrogen-bond acceptors (Lipinski definition) is 2. The fourth-order valence-corrected chi connectivity index (χ4v) is 2.14. The first kappa shape index (κ1) is 13.6. The molecule has 0 radical (unpaired) electrons. The minimum absolute atomic E-state index is 0.816. The molecule has 19 heavy (non-hydrogen) atoms. The van der Waals surface area contributed by atoms with Crippen molar-refractivity contribution < 1.29 is 4.79 Å². The summed E-state index contributed by atoms with van der Waals surface area (Å²) in [4.78, 5) is 12.9. The Kier molecular flexibility index (Phi) is 4.53. The van der Waals surface area contributed by atoms with Gasteiger partial charge in [0.25, 0.3) is 0 Å². The Morgan fingerprint density at radius 2 is 1.68 bits per heavy atom. The van der Waals surface area contributed by atoms with Crippen molar-refractivity contribution in [2.24, 2.45) is 0 Å². The molecular weight excluding hydrogens is 302 g/mol. The number of anilines is 1. The van der Waals surface area contributed by atoms with Crippen molar-refractivity contribution in [1.82, 2.24) is 0 Å². The van der Waals surface area contributed by atoms with Gasteiger partial charge in [-0.05, 0) is 29.8 Å². The molecule has 96 valence electrons. The van der Waals surface area contributed by atoms with Crippen molar-refractivity contribution in [3.63, 3.8) is 0 Å². The molecule has 0 aromatic heterocycles. The molecule has 0 amide bonds. The molecule has 2 aromatic rings. The summed E-state index contributed by atoms with van der Waals surface area (Å²) in [7, 11) is 1.95. The lowest BCUT2D eigenvalue weighted by Crippen LogP contribution is -2.15. The Bertz CT molecular complexity index is 575. The summed E-state index contributed by atoms with van der Waals surface area (Å²) in [6.07, 6.45) is 2.40. The molecule has 0 unspecified atom stereocenters. The average molecular weight is 316 g/mol. The number of halogens is 1. The molecule has 0 heterocycles. The van der Waals surface area contributed by atoms with Gasteiger partial charge in [-0.15, -0.1) is 0 Å². The van der Waals surface area contributed by atoms with E-state index in [1.807, 2.05) is 66.5 Å². The van der Waals surface area contributed by atoms with Crippen LogP contribution in [0.4, 0.5) is 5.69 Å².